The van der Waals surface area contributed by atoms with Gasteiger partial charge < -0.3 is 9.47 Å². The third-order valence-corrected chi connectivity index (χ3v) is 5.38. The van der Waals surface area contributed by atoms with Gasteiger partial charge in [0, 0.05) is 51.7 Å². The first kappa shape index (κ1) is 15.6. The molecule has 128 valence electrons. The maximum Gasteiger partial charge on any atom is 0.128 e. The van der Waals surface area contributed by atoms with Gasteiger partial charge in [-0.15, -0.1) is 0 Å². The molecule has 0 amide bonds. The topological polar surface area (TPSA) is 37.2 Å². The van der Waals surface area contributed by atoms with E-state index in [9.17, 15) is 0 Å². The first-order valence-corrected chi connectivity index (χ1v) is 9.10. The van der Waals surface area contributed by atoms with Gasteiger partial charge in [-0.2, -0.15) is 0 Å². The zero-order chi connectivity index (χ0) is 16.5. The molecule has 24 heavy (non-hydrogen) atoms. The molecule has 0 N–H and O–H groups in total. The van der Waals surface area contributed by atoms with E-state index in [1.54, 1.807) is 0 Å². The second-order valence-corrected chi connectivity index (χ2v) is 7.35. The third-order valence-electron chi connectivity index (χ3n) is 5.38. The lowest BCUT2D eigenvalue weighted by atomic mass is 10.0. The molecule has 1 atom stereocenters. The average Bonchev–Trinajstić information content (AvgIpc) is 3.21. The minimum absolute atomic E-state index is 0.592. The largest absolute Gasteiger partial charge is 0.363 e. The molecular weight excluding hydrogens is 298 g/mol. The van der Waals surface area contributed by atoms with Crippen molar-refractivity contribution in [3.05, 3.63) is 41.6 Å². The van der Waals surface area contributed by atoms with Crippen molar-refractivity contribution in [1.29, 1.82) is 0 Å². The van der Waals surface area contributed by atoms with Crippen molar-refractivity contribution in [2.45, 2.75) is 44.7 Å². The Balaban J connectivity index is 1.43. The van der Waals surface area contributed by atoms with Crippen LogP contribution in [0.3, 0.4) is 0 Å². The summed E-state index contributed by atoms with van der Waals surface area (Å²) >= 11 is 0. The fourth-order valence-electron chi connectivity index (χ4n) is 4.05. The van der Waals surface area contributed by atoms with E-state index in [-0.39, 0.29) is 0 Å². The van der Waals surface area contributed by atoms with E-state index in [0.717, 1.165) is 25.5 Å². The second kappa shape index (κ2) is 6.55. The Bertz CT molecular complexity index is 706. The minimum atomic E-state index is 0.592. The van der Waals surface area contributed by atoms with Crippen LogP contribution in [-0.4, -0.2) is 46.6 Å². The molecule has 0 unspecified atom stereocenters. The molecule has 3 heterocycles. The van der Waals surface area contributed by atoms with E-state index in [1.807, 2.05) is 20.3 Å². The number of rotatable bonds is 4. The fraction of sp³-hybridized carbons (Fsp3) is 0.579. The highest BCUT2D eigenvalue weighted by molar-refractivity contribution is 5.39. The van der Waals surface area contributed by atoms with E-state index >= 15 is 0 Å². The molecule has 5 heteroatoms. The van der Waals surface area contributed by atoms with Crippen molar-refractivity contribution in [3.63, 3.8) is 0 Å². The van der Waals surface area contributed by atoms with E-state index < -0.39 is 0 Å². The third kappa shape index (κ3) is 3.05. The predicted molar refractivity (Wildman–Crippen MR) is 96.4 cm³/mol. The Morgan fingerprint density at radius 3 is 2.96 bits per heavy atom. The molecule has 5 nitrogen and oxygen atoms in total. The van der Waals surface area contributed by atoms with E-state index in [2.05, 4.69) is 42.8 Å². The summed E-state index contributed by atoms with van der Waals surface area (Å²) in [4.78, 5) is 13.7. The SMILES string of the molecule is CN(C)c1cc(CN2CC[C@@H](n3cnc4c3CCCC4)C2)ccn1. The summed E-state index contributed by atoms with van der Waals surface area (Å²) in [6.07, 6.45) is 10.3. The molecule has 2 aliphatic rings. The number of hydrogen-bond acceptors (Lipinski definition) is 4. The normalized spacial score (nSPS) is 21.0. The molecule has 0 aromatic carbocycles. The van der Waals surface area contributed by atoms with E-state index in [4.69, 9.17) is 0 Å². The summed E-state index contributed by atoms with van der Waals surface area (Å²) in [5.74, 6) is 1.03. The van der Waals surface area contributed by atoms with Crippen molar-refractivity contribution < 1.29 is 0 Å². The molecule has 0 saturated carbocycles. The number of pyridine rings is 1. The Hall–Kier alpha value is -1.88. The first-order chi connectivity index (χ1) is 11.7. The van der Waals surface area contributed by atoms with Crippen LogP contribution >= 0.6 is 0 Å². The number of hydrogen-bond donors (Lipinski definition) is 0. The highest BCUT2D eigenvalue weighted by Crippen LogP contribution is 2.29. The van der Waals surface area contributed by atoms with Gasteiger partial charge in [0.2, 0.25) is 0 Å². The summed E-state index contributed by atoms with van der Waals surface area (Å²) < 4.78 is 2.48. The molecule has 1 fully saturated rings. The Kier molecular flexibility index (Phi) is 4.27. The number of aryl methyl sites for hydroxylation is 1. The van der Waals surface area contributed by atoms with Crippen LogP contribution in [0, 0.1) is 0 Å². The maximum absolute atomic E-state index is 4.67. The van der Waals surface area contributed by atoms with Gasteiger partial charge >= 0.3 is 0 Å². The van der Waals surface area contributed by atoms with Gasteiger partial charge in [0.05, 0.1) is 12.0 Å². The number of aromatic nitrogens is 3. The number of nitrogens with zero attached hydrogens (tertiary/aromatic N) is 5. The Labute approximate surface area is 144 Å². The Morgan fingerprint density at radius 2 is 2.08 bits per heavy atom. The maximum atomic E-state index is 4.67. The summed E-state index contributed by atoms with van der Waals surface area (Å²) in [6, 6.07) is 4.93. The van der Waals surface area contributed by atoms with Crippen LogP contribution < -0.4 is 4.90 Å². The lowest BCUT2D eigenvalue weighted by Gasteiger charge is -2.20. The van der Waals surface area contributed by atoms with Gasteiger partial charge in [-0.25, -0.2) is 9.97 Å². The van der Waals surface area contributed by atoms with Gasteiger partial charge in [0.15, 0.2) is 0 Å². The molecule has 2 aromatic heterocycles. The molecule has 0 spiro atoms. The molecule has 1 aliphatic heterocycles. The van der Waals surface area contributed by atoms with Gasteiger partial charge in [0.1, 0.15) is 5.82 Å². The van der Waals surface area contributed by atoms with Crippen LogP contribution in [0.15, 0.2) is 24.7 Å². The van der Waals surface area contributed by atoms with Gasteiger partial charge in [-0.1, -0.05) is 0 Å². The Morgan fingerprint density at radius 1 is 1.21 bits per heavy atom. The van der Waals surface area contributed by atoms with Crippen LogP contribution in [0.25, 0.3) is 0 Å². The molecule has 1 saturated heterocycles. The summed E-state index contributed by atoms with van der Waals surface area (Å²) in [5, 5.41) is 0. The van der Waals surface area contributed by atoms with Gasteiger partial charge in [-0.3, -0.25) is 4.90 Å². The van der Waals surface area contributed by atoms with Crippen LogP contribution in [0.5, 0.6) is 0 Å². The van der Waals surface area contributed by atoms with Crippen LogP contribution in [0.1, 0.15) is 42.3 Å². The highest BCUT2D eigenvalue weighted by atomic mass is 15.2. The second-order valence-electron chi connectivity index (χ2n) is 7.35. The monoisotopic (exact) mass is 325 g/mol. The zero-order valence-corrected chi connectivity index (χ0v) is 14.8. The van der Waals surface area contributed by atoms with Crippen LogP contribution in [-0.2, 0) is 19.4 Å². The number of likely N-dealkylation sites (tertiary alicyclic amines) is 1. The highest BCUT2D eigenvalue weighted by Gasteiger charge is 2.27. The zero-order valence-electron chi connectivity index (χ0n) is 14.8. The number of anilines is 1. The summed E-state index contributed by atoms with van der Waals surface area (Å²) in [5.41, 5.74) is 4.21. The van der Waals surface area contributed by atoms with E-state index in [0.29, 0.717) is 6.04 Å². The first-order valence-electron chi connectivity index (χ1n) is 9.10. The molecule has 0 bridgehead atoms. The van der Waals surface area contributed by atoms with Gasteiger partial charge in [-0.05, 0) is 49.8 Å². The van der Waals surface area contributed by atoms with Crippen molar-refractivity contribution in [3.8, 4) is 0 Å². The standard InChI is InChI=1S/C19H27N5/c1-22(2)19-11-15(7-9-20-19)12-23-10-8-16(13-23)24-14-21-17-5-3-4-6-18(17)24/h7,9,11,14,16H,3-6,8,10,12-13H2,1-2H3/t16-/m1/s1. The average molecular weight is 325 g/mol. The van der Waals surface area contributed by atoms with Crippen LogP contribution in [0.4, 0.5) is 5.82 Å². The quantitative estimate of drug-likeness (QED) is 0.866. The molecule has 4 rings (SSSR count). The predicted octanol–water partition coefficient (Wildman–Crippen LogP) is 2.67. The number of imidazole rings is 1. The smallest absolute Gasteiger partial charge is 0.128 e. The van der Waals surface area contributed by atoms with E-state index in [1.165, 1.54) is 49.1 Å². The lowest BCUT2D eigenvalue weighted by Crippen LogP contribution is -2.22. The molecule has 2 aromatic rings. The van der Waals surface area contributed by atoms with Crippen molar-refractivity contribution in [2.75, 3.05) is 32.1 Å². The summed E-state index contributed by atoms with van der Waals surface area (Å²) in [7, 11) is 4.08. The van der Waals surface area contributed by atoms with Crippen molar-refractivity contribution in [2.24, 2.45) is 0 Å². The van der Waals surface area contributed by atoms with Crippen molar-refractivity contribution in [1.82, 2.24) is 19.4 Å². The molecule has 0 radical (unpaired) electrons. The van der Waals surface area contributed by atoms with Crippen LogP contribution in [0.2, 0.25) is 0 Å². The molecular formula is C19H27N5. The number of fused-ring (bicyclic) bond motifs is 1. The lowest BCUT2D eigenvalue weighted by molar-refractivity contribution is 0.314. The summed E-state index contributed by atoms with van der Waals surface area (Å²) in [6.45, 7) is 3.30. The van der Waals surface area contributed by atoms with Gasteiger partial charge in [0.25, 0.3) is 0 Å². The van der Waals surface area contributed by atoms with Crippen molar-refractivity contribution >= 4 is 5.82 Å². The fourth-order valence-corrected chi connectivity index (χ4v) is 4.05. The molecule has 1 aliphatic carbocycles. The minimum Gasteiger partial charge on any atom is -0.363 e.